The van der Waals surface area contributed by atoms with Crippen LogP contribution < -0.4 is 5.73 Å². The van der Waals surface area contributed by atoms with Crippen molar-refractivity contribution in [3.63, 3.8) is 0 Å². The van der Waals surface area contributed by atoms with Gasteiger partial charge in [-0.25, -0.2) is 4.39 Å². The first-order valence-corrected chi connectivity index (χ1v) is 3.78. The molecule has 0 bridgehead atoms. The molecular formula is C7H10FN3. The van der Waals surface area contributed by atoms with Gasteiger partial charge in [-0.05, 0) is 12.8 Å². The van der Waals surface area contributed by atoms with Crippen molar-refractivity contribution in [1.29, 1.82) is 0 Å². The predicted octanol–water partition coefficient (Wildman–Crippen LogP) is 1.40. The van der Waals surface area contributed by atoms with Crippen LogP contribution in [0.2, 0.25) is 0 Å². The number of aromatic nitrogens is 2. The molecule has 3 nitrogen and oxygen atoms in total. The van der Waals surface area contributed by atoms with E-state index in [0.29, 0.717) is 11.6 Å². The minimum absolute atomic E-state index is 0.00750. The molecule has 1 fully saturated rings. The third-order valence-corrected chi connectivity index (χ3v) is 2.27. The Morgan fingerprint density at radius 1 is 1.55 bits per heavy atom. The van der Waals surface area contributed by atoms with Gasteiger partial charge in [-0.1, -0.05) is 6.42 Å². The van der Waals surface area contributed by atoms with E-state index < -0.39 is 0 Å². The lowest BCUT2D eigenvalue weighted by molar-refractivity contribution is 0.396. The lowest BCUT2D eigenvalue weighted by atomic mass is 9.83. The van der Waals surface area contributed by atoms with Crippen LogP contribution in [0.5, 0.6) is 0 Å². The summed E-state index contributed by atoms with van der Waals surface area (Å²) in [5, 5.41) is 6.22. The first-order valence-electron chi connectivity index (χ1n) is 3.78. The van der Waals surface area contributed by atoms with Crippen molar-refractivity contribution in [2.75, 3.05) is 5.73 Å². The number of nitrogens with two attached hydrogens (primary N) is 1. The van der Waals surface area contributed by atoms with E-state index in [1.807, 2.05) is 0 Å². The maximum absolute atomic E-state index is 13.0. The maximum Gasteiger partial charge on any atom is 0.188 e. The quantitative estimate of drug-likeness (QED) is 0.644. The van der Waals surface area contributed by atoms with Gasteiger partial charge in [-0.2, -0.15) is 5.10 Å². The number of H-pyrrole nitrogens is 1. The Morgan fingerprint density at radius 2 is 2.27 bits per heavy atom. The van der Waals surface area contributed by atoms with Crippen molar-refractivity contribution in [3.05, 3.63) is 11.5 Å². The molecule has 60 valence electrons. The molecule has 0 aromatic carbocycles. The fourth-order valence-corrected chi connectivity index (χ4v) is 1.32. The molecule has 1 saturated carbocycles. The normalized spacial score (nSPS) is 18.3. The van der Waals surface area contributed by atoms with Crippen LogP contribution in [0.25, 0.3) is 0 Å². The van der Waals surface area contributed by atoms with Crippen LogP contribution in [0.15, 0.2) is 0 Å². The Balaban J connectivity index is 2.29. The summed E-state index contributed by atoms with van der Waals surface area (Å²) in [5.74, 6) is -0.0265. The van der Waals surface area contributed by atoms with E-state index in [9.17, 15) is 4.39 Å². The zero-order valence-corrected chi connectivity index (χ0v) is 6.10. The second kappa shape index (κ2) is 2.22. The monoisotopic (exact) mass is 155 g/mol. The standard InChI is InChI=1S/C7H10FN3/c8-5-6(4-2-1-3-4)10-11-7(5)9/h4H,1-3H2,(H3,9,10,11). The molecule has 1 aromatic heterocycles. The van der Waals surface area contributed by atoms with Crippen molar-refractivity contribution in [2.45, 2.75) is 25.2 Å². The zero-order chi connectivity index (χ0) is 7.84. The van der Waals surface area contributed by atoms with E-state index in [4.69, 9.17) is 5.73 Å². The fourth-order valence-electron chi connectivity index (χ4n) is 1.32. The first kappa shape index (κ1) is 6.64. The number of rotatable bonds is 1. The van der Waals surface area contributed by atoms with Crippen molar-refractivity contribution in [1.82, 2.24) is 10.2 Å². The van der Waals surface area contributed by atoms with E-state index in [1.165, 1.54) is 6.42 Å². The molecule has 0 aliphatic heterocycles. The predicted molar refractivity (Wildman–Crippen MR) is 39.6 cm³/mol. The number of hydrogen-bond acceptors (Lipinski definition) is 2. The highest BCUT2D eigenvalue weighted by Gasteiger charge is 2.25. The number of hydrogen-bond donors (Lipinski definition) is 2. The minimum Gasteiger partial charge on any atom is -0.380 e. The molecule has 11 heavy (non-hydrogen) atoms. The van der Waals surface area contributed by atoms with E-state index in [-0.39, 0.29) is 11.6 Å². The fraction of sp³-hybridized carbons (Fsp3) is 0.571. The Hall–Kier alpha value is -1.06. The van der Waals surface area contributed by atoms with Gasteiger partial charge in [0, 0.05) is 5.92 Å². The van der Waals surface area contributed by atoms with Gasteiger partial charge in [0.2, 0.25) is 0 Å². The van der Waals surface area contributed by atoms with Crippen LogP contribution >= 0.6 is 0 Å². The van der Waals surface area contributed by atoms with Crippen LogP contribution in [0.4, 0.5) is 10.2 Å². The minimum atomic E-state index is -0.352. The third-order valence-electron chi connectivity index (χ3n) is 2.27. The summed E-state index contributed by atoms with van der Waals surface area (Å²) in [5.41, 5.74) is 5.83. The van der Waals surface area contributed by atoms with Crippen LogP contribution in [-0.2, 0) is 0 Å². The van der Waals surface area contributed by atoms with Gasteiger partial charge in [0.05, 0.1) is 5.69 Å². The molecule has 1 aromatic rings. The second-order valence-corrected chi connectivity index (χ2v) is 2.96. The van der Waals surface area contributed by atoms with Crippen LogP contribution in [0, 0.1) is 5.82 Å². The van der Waals surface area contributed by atoms with Crippen molar-refractivity contribution < 1.29 is 4.39 Å². The van der Waals surface area contributed by atoms with Crippen molar-refractivity contribution >= 4 is 5.82 Å². The summed E-state index contributed by atoms with van der Waals surface area (Å²) in [4.78, 5) is 0. The Labute approximate surface area is 63.8 Å². The van der Waals surface area contributed by atoms with Crippen LogP contribution in [0.3, 0.4) is 0 Å². The van der Waals surface area contributed by atoms with E-state index >= 15 is 0 Å². The third kappa shape index (κ3) is 0.895. The molecule has 0 saturated heterocycles. The molecular weight excluding hydrogens is 145 g/mol. The zero-order valence-electron chi connectivity index (χ0n) is 6.10. The Bertz CT molecular complexity index is 265. The molecule has 2 rings (SSSR count). The molecule has 4 heteroatoms. The van der Waals surface area contributed by atoms with Crippen LogP contribution in [0.1, 0.15) is 30.9 Å². The van der Waals surface area contributed by atoms with Gasteiger partial charge in [-0.3, -0.25) is 5.10 Å². The van der Waals surface area contributed by atoms with Crippen LogP contribution in [-0.4, -0.2) is 10.2 Å². The average molecular weight is 155 g/mol. The van der Waals surface area contributed by atoms with Gasteiger partial charge in [0.25, 0.3) is 0 Å². The molecule has 1 heterocycles. The Kier molecular flexibility index (Phi) is 1.34. The summed E-state index contributed by atoms with van der Waals surface area (Å²) in [6.07, 6.45) is 3.29. The molecule has 0 unspecified atom stereocenters. The molecule has 0 spiro atoms. The maximum atomic E-state index is 13.0. The Morgan fingerprint density at radius 3 is 2.64 bits per heavy atom. The highest BCUT2D eigenvalue weighted by molar-refractivity contribution is 5.33. The number of halogens is 1. The van der Waals surface area contributed by atoms with Gasteiger partial charge >= 0.3 is 0 Å². The first-order chi connectivity index (χ1) is 5.29. The lowest BCUT2D eigenvalue weighted by Gasteiger charge is -2.23. The van der Waals surface area contributed by atoms with E-state index in [2.05, 4.69) is 10.2 Å². The number of anilines is 1. The molecule has 0 radical (unpaired) electrons. The smallest absolute Gasteiger partial charge is 0.188 e. The van der Waals surface area contributed by atoms with E-state index in [0.717, 1.165) is 12.8 Å². The molecule has 0 atom stereocenters. The largest absolute Gasteiger partial charge is 0.380 e. The van der Waals surface area contributed by atoms with Crippen molar-refractivity contribution in [2.24, 2.45) is 0 Å². The summed E-state index contributed by atoms with van der Waals surface area (Å²) >= 11 is 0. The molecule has 1 aliphatic carbocycles. The summed E-state index contributed by atoms with van der Waals surface area (Å²) < 4.78 is 13.0. The highest BCUT2D eigenvalue weighted by Crippen LogP contribution is 2.37. The van der Waals surface area contributed by atoms with E-state index in [1.54, 1.807) is 0 Å². The topological polar surface area (TPSA) is 54.7 Å². The lowest BCUT2D eigenvalue weighted by Crippen LogP contribution is -2.10. The highest BCUT2D eigenvalue weighted by atomic mass is 19.1. The summed E-state index contributed by atoms with van der Waals surface area (Å²) in [6.45, 7) is 0. The summed E-state index contributed by atoms with van der Waals surface area (Å²) in [6, 6.07) is 0. The second-order valence-electron chi connectivity index (χ2n) is 2.96. The van der Waals surface area contributed by atoms with Crippen molar-refractivity contribution in [3.8, 4) is 0 Å². The number of nitrogens with one attached hydrogen (secondary N) is 1. The molecule has 1 aliphatic rings. The molecule has 0 amide bonds. The summed E-state index contributed by atoms with van der Waals surface area (Å²) in [7, 11) is 0. The average Bonchev–Trinajstić information content (AvgIpc) is 2.15. The number of nitrogen functional groups attached to an aromatic ring is 1. The number of nitrogens with zero attached hydrogens (tertiary/aromatic N) is 1. The van der Waals surface area contributed by atoms with Gasteiger partial charge in [0.1, 0.15) is 0 Å². The van der Waals surface area contributed by atoms with Gasteiger partial charge < -0.3 is 5.73 Å². The van der Waals surface area contributed by atoms with Gasteiger partial charge in [-0.15, -0.1) is 0 Å². The number of aromatic amines is 1. The molecule has 3 N–H and O–H groups in total. The van der Waals surface area contributed by atoms with Gasteiger partial charge in [0.15, 0.2) is 11.6 Å². The SMILES string of the molecule is Nc1n[nH]c(C2CCC2)c1F.